The zero-order valence-electron chi connectivity index (χ0n) is 19.0. The van der Waals surface area contributed by atoms with Gasteiger partial charge in [0.15, 0.2) is 5.96 Å². The highest BCUT2D eigenvalue weighted by Gasteiger charge is 2.22. The number of amides is 1. The van der Waals surface area contributed by atoms with Crippen molar-refractivity contribution in [2.45, 2.75) is 32.9 Å². The van der Waals surface area contributed by atoms with Gasteiger partial charge in [-0.15, -0.1) is 24.0 Å². The number of nitrogens with one attached hydrogen (secondary N) is 2. The van der Waals surface area contributed by atoms with Crippen molar-refractivity contribution in [3.8, 4) is 0 Å². The molecule has 0 aliphatic carbocycles. The van der Waals surface area contributed by atoms with Gasteiger partial charge in [0.25, 0.3) is 5.91 Å². The molecule has 7 nitrogen and oxygen atoms in total. The molecule has 2 rings (SSSR count). The van der Waals surface area contributed by atoms with E-state index in [-0.39, 0.29) is 29.9 Å². The maximum atomic E-state index is 12.0. The minimum Gasteiger partial charge on any atom is -0.379 e. The monoisotopic (exact) mass is 531 g/mol. The molecule has 0 saturated carbocycles. The number of carbonyl (C=O) groups is 1. The number of hydrogen-bond acceptors (Lipinski definition) is 4. The minimum absolute atomic E-state index is 0. The second-order valence-corrected chi connectivity index (χ2v) is 8.13. The van der Waals surface area contributed by atoms with Gasteiger partial charge in [0.1, 0.15) is 0 Å². The number of aliphatic imine (C=N–C) groups is 1. The molecule has 1 unspecified atom stereocenters. The van der Waals surface area contributed by atoms with Crippen LogP contribution in [0.2, 0.25) is 0 Å². The first-order valence-electron chi connectivity index (χ1n) is 10.5. The van der Waals surface area contributed by atoms with Crippen molar-refractivity contribution in [3.63, 3.8) is 0 Å². The fourth-order valence-corrected chi connectivity index (χ4v) is 3.49. The number of morpholine rings is 1. The van der Waals surface area contributed by atoms with Gasteiger partial charge in [-0.1, -0.05) is 26.0 Å². The van der Waals surface area contributed by atoms with E-state index >= 15 is 0 Å². The van der Waals surface area contributed by atoms with Gasteiger partial charge in [0.2, 0.25) is 0 Å². The molecular weight excluding hydrogens is 493 g/mol. The van der Waals surface area contributed by atoms with E-state index in [0.717, 1.165) is 50.8 Å². The molecule has 0 aromatic heterocycles. The molecule has 1 aliphatic rings. The molecule has 1 saturated heterocycles. The quantitative estimate of drug-likeness (QED) is 0.307. The lowest BCUT2D eigenvalue weighted by molar-refractivity contribution is 0.0132. The molecule has 1 heterocycles. The summed E-state index contributed by atoms with van der Waals surface area (Å²) in [4.78, 5) is 20.5. The predicted octanol–water partition coefficient (Wildman–Crippen LogP) is 2.42. The first-order chi connectivity index (χ1) is 13.9. The first kappa shape index (κ1) is 26.6. The van der Waals surface area contributed by atoms with Crippen molar-refractivity contribution in [2.24, 2.45) is 10.9 Å². The number of halogens is 1. The van der Waals surface area contributed by atoms with Gasteiger partial charge >= 0.3 is 0 Å². The van der Waals surface area contributed by atoms with Crippen LogP contribution in [0.25, 0.3) is 0 Å². The van der Waals surface area contributed by atoms with Gasteiger partial charge in [-0.3, -0.25) is 14.7 Å². The van der Waals surface area contributed by atoms with E-state index in [9.17, 15) is 4.79 Å². The van der Waals surface area contributed by atoms with Crippen LogP contribution in [-0.2, 0) is 11.3 Å². The van der Waals surface area contributed by atoms with Gasteiger partial charge in [-0.05, 0) is 30.0 Å². The molecule has 1 fully saturated rings. The number of rotatable bonds is 8. The van der Waals surface area contributed by atoms with E-state index in [4.69, 9.17) is 4.74 Å². The molecule has 1 aliphatic heterocycles. The van der Waals surface area contributed by atoms with Crippen LogP contribution < -0.4 is 10.6 Å². The third-order valence-electron chi connectivity index (χ3n) is 5.10. The summed E-state index contributed by atoms with van der Waals surface area (Å²) in [6, 6.07) is 8.16. The van der Waals surface area contributed by atoms with E-state index in [0.29, 0.717) is 24.1 Å². The van der Waals surface area contributed by atoms with Crippen molar-refractivity contribution in [1.82, 2.24) is 20.4 Å². The molecule has 8 heteroatoms. The van der Waals surface area contributed by atoms with Gasteiger partial charge in [0, 0.05) is 58.9 Å². The number of hydrogen-bond donors (Lipinski definition) is 2. The van der Waals surface area contributed by atoms with Crippen LogP contribution in [0.15, 0.2) is 29.3 Å². The molecule has 170 valence electrons. The first-order valence-corrected chi connectivity index (χ1v) is 10.5. The van der Waals surface area contributed by atoms with Crippen LogP contribution in [0.1, 0.15) is 36.2 Å². The van der Waals surface area contributed by atoms with Crippen LogP contribution in [0.3, 0.4) is 0 Å². The Labute approximate surface area is 198 Å². The van der Waals surface area contributed by atoms with Crippen molar-refractivity contribution >= 4 is 35.8 Å². The van der Waals surface area contributed by atoms with Gasteiger partial charge < -0.3 is 20.3 Å². The highest BCUT2D eigenvalue weighted by atomic mass is 127. The smallest absolute Gasteiger partial charge is 0.253 e. The second-order valence-electron chi connectivity index (χ2n) is 8.13. The van der Waals surface area contributed by atoms with E-state index < -0.39 is 0 Å². The van der Waals surface area contributed by atoms with Crippen molar-refractivity contribution < 1.29 is 9.53 Å². The number of benzene rings is 1. The largest absolute Gasteiger partial charge is 0.379 e. The van der Waals surface area contributed by atoms with E-state index in [1.807, 2.05) is 24.3 Å². The predicted molar refractivity (Wildman–Crippen MR) is 134 cm³/mol. The summed E-state index contributed by atoms with van der Waals surface area (Å²) in [6.07, 6.45) is 1.14. The molecule has 0 bridgehead atoms. The van der Waals surface area contributed by atoms with Gasteiger partial charge in [-0.2, -0.15) is 0 Å². The summed E-state index contributed by atoms with van der Waals surface area (Å²) >= 11 is 0. The van der Waals surface area contributed by atoms with Gasteiger partial charge in [-0.25, -0.2) is 0 Å². The molecule has 1 amide bonds. The molecular formula is C22H38IN5O2. The maximum Gasteiger partial charge on any atom is 0.253 e. The van der Waals surface area contributed by atoms with Crippen molar-refractivity contribution in [2.75, 3.05) is 54.0 Å². The zero-order chi connectivity index (χ0) is 21.2. The Kier molecular flexibility index (Phi) is 12.3. The van der Waals surface area contributed by atoms with Crippen LogP contribution in [0, 0.1) is 5.92 Å². The summed E-state index contributed by atoms with van der Waals surface area (Å²) in [6.45, 7) is 9.65. The number of nitrogens with zero attached hydrogens (tertiary/aromatic N) is 3. The number of ether oxygens (including phenoxy) is 1. The Hall–Kier alpha value is -1.39. The maximum absolute atomic E-state index is 12.0. The van der Waals surface area contributed by atoms with Crippen molar-refractivity contribution in [1.29, 1.82) is 0 Å². The molecule has 1 aromatic carbocycles. The molecule has 1 atom stereocenters. The Morgan fingerprint density at radius 2 is 1.80 bits per heavy atom. The second kappa shape index (κ2) is 13.8. The summed E-state index contributed by atoms with van der Waals surface area (Å²) in [5.41, 5.74) is 1.80. The van der Waals surface area contributed by atoms with E-state index in [1.54, 1.807) is 26.0 Å². The summed E-state index contributed by atoms with van der Waals surface area (Å²) in [5.74, 6) is 1.45. The van der Waals surface area contributed by atoms with Crippen LogP contribution in [0.4, 0.5) is 0 Å². The highest BCUT2D eigenvalue weighted by molar-refractivity contribution is 14.0. The highest BCUT2D eigenvalue weighted by Crippen LogP contribution is 2.13. The standard InChI is InChI=1S/C22H37N5O2.HI/c1-17(2)14-20(27-10-12-29-13-11-27)16-25-22(23-3)24-15-18-6-8-19(9-7-18)21(28)26(4)5;/h6-9,17,20H,10-16H2,1-5H3,(H2,23,24,25);1H. The third kappa shape index (κ3) is 8.77. The SMILES string of the molecule is CN=C(NCc1ccc(C(=O)N(C)C)cc1)NCC(CC(C)C)N1CCOCC1.I. The molecule has 2 N–H and O–H groups in total. The molecule has 0 spiro atoms. The van der Waals surface area contributed by atoms with E-state index in [1.165, 1.54) is 0 Å². The normalized spacial score (nSPS) is 16.0. The summed E-state index contributed by atoms with van der Waals surface area (Å²) in [7, 11) is 5.31. The zero-order valence-corrected chi connectivity index (χ0v) is 21.3. The lowest BCUT2D eigenvalue weighted by atomic mass is 10.0. The summed E-state index contributed by atoms with van der Waals surface area (Å²) < 4.78 is 5.50. The molecule has 30 heavy (non-hydrogen) atoms. The molecule has 0 radical (unpaired) electrons. The van der Waals surface area contributed by atoms with Crippen LogP contribution in [-0.4, -0.2) is 81.7 Å². The fraction of sp³-hybridized carbons (Fsp3) is 0.636. The third-order valence-corrected chi connectivity index (χ3v) is 5.10. The number of carbonyl (C=O) groups excluding carboxylic acids is 1. The van der Waals surface area contributed by atoms with Crippen molar-refractivity contribution in [3.05, 3.63) is 35.4 Å². The Morgan fingerprint density at radius 3 is 2.33 bits per heavy atom. The average molecular weight is 531 g/mol. The minimum atomic E-state index is 0. The summed E-state index contributed by atoms with van der Waals surface area (Å²) in [5, 5.41) is 6.85. The average Bonchev–Trinajstić information content (AvgIpc) is 2.73. The van der Waals surface area contributed by atoms with Gasteiger partial charge in [0.05, 0.1) is 13.2 Å². The Morgan fingerprint density at radius 1 is 1.17 bits per heavy atom. The van der Waals surface area contributed by atoms with Crippen LogP contribution >= 0.6 is 24.0 Å². The lowest BCUT2D eigenvalue weighted by Crippen LogP contribution is -2.50. The fourth-order valence-electron chi connectivity index (χ4n) is 3.49. The van der Waals surface area contributed by atoms with E-state index in [2.05, 4.69) is 34.4 Å². The number of guanidine groups is 1. The van der Waals surface area contributed by atoms with Crippen LogP contribution in [0.5, 0.6) is 0 Å². The lowest BCUT2D eigenvalue weighted by Gasteiger charge is -2.35. The molecule has 1 aromatic rings. The Balaban J connectivity index is 0.00000450. The Bertz CT molecular complexity index is 658. The topological polar surface area (TPSA) is 69.2 Å².